The molecular formula is C17H27NOS. The molecule has 0 amide bonds. The van der Waals surface area contributed by atoms with E-state index in [1.807, 2.05) is 0 Å². The van der Waals surface area contributed by atoms with Crippen LogP contribution < -0.4 is 0 Å². The van der Waals surface area contributed by atoms with Crippen LogP contribution in [0.5, 0.6) is 0 Å². The second kappa shape index (κ2) is 9.99. The molecule has 0 aliphatic heterocycles. The molecule has 1 aromatic heterocycles. The summed E-state index contributed by atoms with van der Waals surface area (Å²) >= 11 is 1.79. The fourth-order valence-corrected chi connectivity index (χ4v) is 2.91. The van der Waals surface area contributed by atoms with E-state index in [-0.39, 0.29) is 6.61 Å². The van der Waals surface area contributed by atoms with E-state index in [0.29, 0.717) is 12.5 Å². The Labute approximate surface area is 127 Å². The van der Waals surface area contributed by atoms with Crippen molar-refractivity contribution in [1.29, 1.82) is 0 Å². The first-order valence-corrected chi connectivity index (χ1v) is 8.47. The van der Waals surface area contributed by atoms with Gasteiger partial charge >= 0.3 is 0 Å². The van der Waals surface area contributed by atoms with Crippen molar-refractivity contribution < 1.29 is 5.11 Å². The molecule has 0 spiro atoms. The lowest BCUT2D eigenvalue weighted by Crippen LogP contribution is -2.31. The molecule has 1 aromatic rings. The lowest BCUT2D eigenvalue weighted by atomic mass is 10.2. The number of aliphatic hydroxyl groups is 1. The van der Waals surface area contributed by atoms with Gasteiger partial charge in [0.1, 0.15) is 0 Å². The first-order valence-electron chi connectivity index (χ1n) is 7.59. The van der Waals surface area contributed by atoms with Crippen molar-refractivity contribution in [3.63, 3.8) is 0 Å². The second-order valence-electron chi connectivity index (χ2n) is 5.30. The Kier molecular flexibility index (Phi) is 8.60. The van der Waals surface area contributed by atoms with E-state index in [1.54, 1.807) is 11.3 Å². The van der Waals surface area contributed by atoms with Crippen LogP contribution in [0.2, 0.25) is 0 Å². The van der Waals surface area contributed by atoms with Crippen molar-refractivity contribution in [2.75, 3.05) is 13.2 Å². The van der Waals surface area contributed by atoms with Gasteiger partial charge in [0.2, 0.25) is 0 Å². The predicted molar refractivity (Wildman–Crippen MR) is 88.0 cm³/mol. The molecule has 0 unspecified atom stereocenters. The molecule has 1 rings (SSSR count). The molecule has 0 aliphatic carbocycles. The minimum absolute atomic E-state index is 0.140. The van der Waals surface area contributed by atoms with E-state index in [2.05, 4.69) is 49.0 Å². The van der Waals surface area contributed by atoms with E-state index >= 15 is 0 Å². The Hall–Kier alpha value is -0.820. The summed E-state index contributed by atoms with van der Waals surface area (Å²) < 4.78 is 0. The monoisotopic (exact) mass is 293 g/mol. The van der Waals surface area contributed by atoms with Crippen LogP contribution in [-0.4, -0.2) is 29.2 Å². The van der Waals surface area contributed by atoms with Gasteiger partial charge in [-0.25, -0.2) is 0 Å². The van der Waals surface area contributed by atoms with Gasteiger partial charge in [0.25, 0.3) is 0 Å². The van der Waals surface area contributed by atoms with Crippen LogP contribution in [0.1, 0.15) is 56.9 Å². The van der Waals surface area contributed by atoms with Crippen LogP contribution in [0.3, 0.4) is 0 Å². The number of unbranched alkanes of at least 4 members (excludes halogenated alkanes) is 2. The highest BCUT2D eigenvalue weighted by molar-refractivity contribution is 7.10. The number of thiophene rings is 1. The molecule has 0 saturated heterocycles. The number of hydrogen-bond acceptors (Lipinski definition) is 3. The number of nitrogens with zero attached hydrogens (tertiary/aromatic N) is 1. The van der Waals surface area contributed by atoms with E-state index in [9.17, 15) is 0 Å². The van der Waals surface area contributed by atoms with Crippen LogP contribution in [-0.2, 0) is 6.54 Å². The van der Waals surface area contributed by atoms with Crippen molar-refractivity contribution in [3.8, 4) is 11.8 Å². The molecule has 0 aromatic carbocycles. The molecule has 1 N–H and O–H groups in total. The number of aliphatic hydroxyl groups excluding tert-OH is 1. The first-order chi connectivity index (χ1) is 9.69. The Balaban J connectivity index is 2.64. The normalized spacial score (nSPS) is 10.9. The average molecular weight is 293 g/mol. The van der Waals surface area contributed by atoms with Crippen molar-refractivity contribution >= 4 is 11.3 Å². The highest BCUT2D eigenvalue weighted by atomic mass is 32.1. The average Bonchev–Trinajstić information content (AvgIpc) is 2.85. The minimum Gasteiger partial charge on any atom is -0.395 e. The fraction of sp³-hybridized carbons (Fsp3) is 0.647. The maximum atomic E-state index is 8.79. The summed E-state index contributed by atoms with van der Waals surface area (Å²) in [5, 5.41) is 10.9. The smallest absolute Gasteiger partial charge is 0.0540 e. The number of rotatable bonds is 8. The van der Waals surface area contributed by atoms with Gasteiger partial charge in [0.15, 0.2) is 0 Å². The quantitative estimate of drug-likeness (QED) is 0.581. The lowest BCUT2D eigenvalue weighted by Gasteiger charge is -2.26. The van der Waals surface area contributed by atoms with Gasteiger partial charge in [-0.1, -0.05) is 31.6 Å². The molecule has 0 atom stereocenters. The topological polar surface area (TPSA) is 23.5 Å². The Bertz CT molecular complexity index is 428. The maximum absolute atomic E-state index is 8.79. The van der Waals surface area contributed by atoms with E-state index in [1.165, 1.54) is 24.1 Å². The SMILES string of the molecule is CCCCCN(Cc1sccc1C#CCCO)C(C)C. The molecule has 0 aliphatic rings. The largest absolute Gasteiger partial charge is 0.395 e. The van der Waals surface area contributed by atoms with Crippen LogP contribution in [0.4, 0.5) is 0 Å². The zero-order valence-corrected chi connectivity index (χ0v) is 13.8. The molecule has 0 fully saturated rings. The maximum Gasteiger partial charge on any atom is 0.0540 e. The van der Waals surface area contributed by atoms with E-state index < -0.39 is 0 Å². The molecule has 0 bridgehead atoms. The highest BCUT2D eigenvalue weighted by Gasteiger charge is 2.12. The summed E-state index contributed by atoms with van der Waals surface area (Å²) in [7, 11) is 0. The Morgan fingerprint density at radius 3 is 2.80 bits per heavy atom. The van der Waals surface area contributed by atoms with Crippen LogP contribution in [0.15, 0.2) is 11.4 Å². The van der Waals surface area contributed by atoms with Gasteiger partial charge in [0, 0.05) is 29.4 Å². The highest BCUT2D eigenvalue weighted by Crippen LogP contribution is 2.20. The Morgan fingerprint density at radius 1 is 1.35 bits per heavy atom. The summed E-state index contributed by atoms with van der Waals surface area (Å²) in [5.74, 6) is 6.20. The van der Waals surface area contributed by atoms with Crippen molar-refractivity contribution in [2.24, 2.45) is 0 Å². The van der Waals surface area contributed by atoms with Gasteiger partial charge in [-0.05, 0) is 38.3 Å². The van der Waals surface area contributed by atoms with Gasteiger partial charge in [0.05, 0.1) is 6.61 Å². The summed E-state index contributed by atoms with van der Waals surface area (Å²) in [6, 6.07) is 2.65. The predicted octanol–water partition coefficient (Wildman–Crippen LogP) is 3.88. The van der Waals surface area contributed by atoms with Crippen molar-refractivity contribution in [2.45, 2.75) is 59.0 Å². The summed E-state index contributed by atoms with van der Waals surface area (Å²) in [6.07, 6.45) is 4.39. The fourth-order valence-electron chi connectivity index (χ4n) is 2.06. The third-order valence-corrected chi connectivity index (χ3v) is 4.24. The number of hydrogen-bond donors (Lipinski definition) is 1. The molecular weight excluding hydrogens is 266 g/mol. The molecule has 1 heterocycles. The van der Waals surface area contributed by atoms with Crippen LogP contribution in [0.25, 0.3) is 0 Å². The van der Waals surface area contributed by atoms with E-state index in [0.717, 1.165) is 18.7 Å². The molecule has 20 heavy (non-hydrogen) atoms. The summed E-state index contributed by atoms with van der Waals surface area (Å²) in [5.41, 5.74) is 1.13. The van der Waals surface area contributed by atoms with Gasteiger partial charge in [-0.15, -0.1) is 11.3 Å². The van der Waals surface area contributed by atoms with E-state index in [4.69, 9.17) is 5.11 Å². The third kappa shape index (κ3) is 6.09. The van der Waals surface area contributed by atoms with Gasteiger partial charge < -0.3 is 5.11 Å². The molecule has 112 valence electrons. The summed E-state index contributed by atoms with van der Waals surface area (Å²) in [6.45, 7) is 9.05. The van der Waals surface area contributed by atoms with Gasteiger partial charge in [-0.2, -0.15) is 0 Å². The van der Waals surface area contributed by atoms with Crippen molar-refractivity contribution in [1.82, 2.24) is 4.90 Å². The molecule has 3 heteroatoms. The van der Waals surface area contributed by atoms with Crippen LogP contribution in [0, 0.1) is 11.8 Å². The first kappa shape index (κ1) is 17.2. The van der Waals surface area contributed by atoms with Crippen LogP contribution >= 0.6 is 11.3 Å². The molecule has 0 radical (unpaired) electrons. The van der Waals surface area contributed by atoms with Crippen molar-refractivity contribution in [3.05, 3.63) is 21.9 Å². The molecule has 0 saturated carbocycles. The zero-order valence-electron chi connectivity index (χ0n) is 13.0. The lowest BCUT2D eigenvalue weighted by molar-refractivity contribution is 0.210. The zero-order chi connectivity index (χ0) is 14.8. The third-order valence-electron chi connectivity index (χ3n) is 3.33. The summed E-state index contributed by atoms with van der Waals surface area (Å²) in [4.78, 5) is 3.87. The Morgan fingerprint density at radius 2 is 2.15 bits per heavy atom. The van der Waals surface area contributed by atoms with Gasteiger partial charge in [-0.3, -0.25) is 4.90 Å². The molecule has 2 nitrogen and oxygen atoms in total. The standard InChI is InChI=1S/C17H27NOS/c1-4-5-7-11-18(15(2)3)14-17-16(10-13-20-17)9-6-8-12-19/h10,13,15,19H,4-5,7-8,11-12,14H2,1-3H3. The minimum atomic E-state index is 0.140. The second-order valence-corrected chi connectivity index (χ2v) is 6.30.